The minimum Gasteiger partial charge on any atom is -0.497 e. The van der Waals surface area contributed by atoms with Gasteiger partial charge in [0.2, 0.25) is 0 Å². The molecule has 1 aromatic carbocycles. The number of hydrogen-bond donors (Lipinski definition) is 1. The van der Waals surface area contributed by atoms with Gasteiger partial charge in [-0.25, -0.2) is 0 Å². The van der Waals surface area contributed by atoms with Gasteiger partial charge in [-0.2, -0.15) is 0 Å². The number of amides is 1. The predicted molar refractivity (Wildman–Crippen MR) is 95.0 cm³/mol. The lowest BCUT2D eigenvalue weighted by atomic mass is 10.1. The molecule has 3 rings (SSSR count). The summed E-state index contributed by atoms with van der Waals surface area (Å²) in [7, 11) is 1.60. The summed E-state index contributed by atoms with van der Waals surface area (Å²) >= 11 is 0. The van der Waals surface area contributed by atoms with Crippen molar-refractivity contribution in [1.82, 2.24) is 9.88 Å². The van der Waals surface area contributed by atoms with Gasteiger partial charge < -0.3 is 19.0 Å². The first-order valence-electron chi connectivity index (χ1n) is 8.08. The maximum atomic E-state index is 12.6. The van der Waals surface area contributed by atoms with E-state index in [-0.39, 0.29) is 11.5 Å². The topological polar surface area (TPSA) is 73.5 Å². The highest BCUT2D eigenvalue weighted by molar-refractivity contribution is 6.06. The molecular weight excluding hydrogens is 320 g/mol. The Morgan fingerprint density at radius 1 is 1.24 bits per heavy atom. The van der Waals surface area contributed by atoms with Crippen LogP contribution >= 0.6 is 0 Å². The number of fused-ring (bicyclic) bond motifs is 1. The Morgan fingerprint density at radius 2 is 1.96 bits per heavy atom. The molecule has 0 atom stereocenters. The second-order valence-electron chi connectivity index (χ2n) is 5.71. The Bertz CT molecular complexity index is 967. The van der Waals surface area contributed by atoms with Gasteiger partial charge in [-0.15, -0.1) is 0 Å². The van der Waals surface area contributed by atoms with E-state index in [0.717, 1.165) is 11.3 Å². The minimum absolute atomic E-state index is 0.216. The number of ether oxygens (including phenoxy) is 1. The zero-order valence-corrected chi connectivity index (χ0v) is 14.5. The Hall–Kier alpha value is -3.02. The standard InChI is InChI=1S/C19H20N2O4/c1-4-21-10-9-15-17(19(21)23)16(12(2)25-15)18(22)20-11-13-5-7-14(24-3)8-6-13/h5-10H,4,11H2,1-3H3,(H,20,22). The van der Waals surface area contributed by atoms with Gasteiger partial charge in [-0.1, -0.05) is 12.1 Å². The number of methoxy groups -OCH3 is 1. The van der Waals surface area contributed by atoms with E-state index in [4.69, 9.17) is 9.15 Å². The average Bonchev–Trinajstić information content (AvgIpc) is 2.97. The molecular formula is C19H20N2O4. The quantitative estimate of drug-likeness (QED) is 0.775. The number of nitrogens with zero attached hydrogens (tertiary/aromatic N) is 1. The van der Waals surface area contributed by atoms with Gasteiger partial charge in [-0.3, -0.25) is 9.59 Å². The minimum atomic E-state index is -0.321. The van der Waals surface area contributed by atoms with Crippen LogP contribution in [0.15, 0.2) is 45.7 Å². The van der Waals surface area contributed by atoms with Crippen LogP contribution in [0.3, 0.4) is 0 Å². The Morgan fingerprint density at radius 3 is 2.60 bits per heavy atom. The molecule has 0 unspecified atom stereocenters. The first-order valence-corrected chi connectivity index (χ1v) is 8.08. The summed E-state index contributed by atoms with van der Waals surface area (Å²) in [6.07, 6.45) is 1.67. The fourth-order valence-electron chi connectivity index (χ4n) is 2.80. The van der Waals surface area contributed by atoms with E-state index in [2.05, 4.69) is 5.32 Å². The lowest BCUT2D eigenvalue weighted by Gasteiger charge is -2.06. The van der Waals surface area contributed by atoms with Crippen LogP contribution in [0.5, 0.6) is 5.75 Å². The number of pyridine rings is 1. The van der Waals surface area contributed by atoms with Gasteiger partial charge in [0.05, 0.1) is 18.1 Å². The Balaban J connectivity index is 1.88. The van der Waals surface area contributed by atoms with Crippen LogP contribution in [0.4, 0.5) is 0 Å². The molecule has 0 radical (unpaired) electrons. The third kappa shape index (κ3) is 3.15. The molecule has 0 aliphatic carbocycles. The monoisotopic (exact) mass is 340 g/mol. The molecule has 2 heterocycles. The van der Waals surface area contributed by atoms with Crippen molar-refractivity contribution < 1.29 is 13.9 Å². The lowest BCUT2D eigenvalue weighted by molar-refractivity contribution is 0.0950. The first-order chi connectivity index (χ1) is 12.0. The number of rotatable bonds is 5. The SMILES string of the molecule is CCn1ccc2oc(C)c(C(=O)NCc3ccc(OC)cc3)c2c1=O. The number of carbonyl (C=O) groups is 1. The number of aryl methyl sites for hydroxylation is 2. The van der Waals surface area contributed by atoms with E-state index in [1.54, 1.807) is 30.9 Å². The molecule has 130 valence electrons. The number of carbonyl (C=O) groups excluding carboxylic acids is 1. The second kappa shape index (κ2) is 6.84. The van der Waals surface area contributed by atoms with Crippen molar-refractivity contribution in [2.75, 3.05) is 7.11 Å². The van der Waals surface area contributed by atoms with Crippen LogP contribution in [0.2, 0.25) is 0 Å². The van der Waals surface area contributed by atoms with Crippen molar-refractivity contribution >= 4 is 16.9 Å². The summed E-state index contributed by atoms with van der Waals surface area (Å²) < 4.78 is 12.3. The molecule has 0 spiro atoms. The van der Waals surface area contributed by atoms with Crippen LogP contribution in [0.1, 0.15) is 28.6 Å². The average molecular weight is 340 g/mol. The van der Waals surface area contributed by atoms with Crippen molar-refractivity contribution in [3.8, 4) is 5.75 Å². The highest BCUT2D eigenvalue weighted by Crippen LogP contribution is 2.22. The van der Waals surface area contributed by atoms with Crippen LogP contribution in [-0.2, 0) is 13.1 Å². The summed E-state index contributed by atoms with van der Waals surface area (Å²) in [5, 5.41) is 3.18. The number of aromatic nitrogens is 1. The van der Waals surface area contributed by atoms with Crippen molar-refractivity contribution in [1.29, 1.82) is 0 Å². The molecule has 1 N–H and O–H groups in total. The van der Waals surface area contributed by atoms with Crippen LogP contribution in [0.25, 0.3) is 11.0 Å². The first kappa shape index (κ1) is 16.8. The van der Waals surface area contributed by atoms with E-state index < -0.39 is 0 Å². The predicted octanol–water partition coefficient (Wildman–Crippen LogP) is 2.86. The maximum absolute atomic E-state index is 12.6. The zero-order chi connectivity index (χ0) is 18.0. The van der Waals surface area contributed by atoms with Gasteiger partial charge in [0.15, 0.2) is 0 Å². The number of hydrogen-bond acceptors (Lipinski definition) is 4. The van der Waals surface area contributed by atoms with Crippen LogP contribution in [0, 0.1) is 6.92 Å². The highest BCUT2D eigenvalue weighted by atomic mass is 16.5. The Kier molecular flexibility index (Phi) is 4.61. The van der Waals surface area contributed by atoms with E-state index in [9.17, 15) is 9.59 Å². The van der Waals surface area contributed by atoms with Gasteiger partial charge in [0.25, 0.3) is 11.5 Å². The highest BCUT2D eigenvalue weighted by Gasteiger charge is 2.21. The van der Waals surface area contributed by atoms with Crippen molar-refractivity contribution in [2.45, 2.75) is 26.9 Å². The van der Waals surface area contributed by atoms with Gasteiger partial charge in [0.1, 0.15) is 17.1 Å². The van der Waals surface area contributed by atoms with E-state index in [1.165, 1.54) is 0 Å². The third-order valence-electron chi connectivity index (χ3n) is 4.17. The largest absolute Gasteiger partial charge is 0.497 e. The molecule has 0 bridgehead atoms. The lowest BCUT2D eigenvalue weighted by Crippen LogP contribution is -2.26. The van der Waals surface area contributed by atoms with Gasteiger partial charge >= 0.3 is 0 Å². The molecule has 1 amide bonds. The number of furan rings is 1. The summed E-state index contributed by atoms with van der Waals surface area (Å²) in [4.78, 5) is 25.2. The smallest absolute Gasteiger partial charge is 0.262 e. The van der Waals surface area contributed by atoms with E-state index in [1.807, 2.05) is 31.2 Å². The molecule has 0 saturated heterocycles. The molecule has 6 heteroatoms. The third-order valence-corrected chi connectivity index (χ3v) is 4.17. The fraction of sp³-hybridized carbons (Fsp3) is 0.263. The Labute approximate surface area is 145 Å². The maximum Gasteiger partial charge on any atom is 0.262 e. The van der Waals surface area contributed by atoms with Gasteiger partial charge in [0, 0.05) is 19.3 Å². The van der Waals surface area contributed by atoms with Crippen molar-refractivity contribution in [2.24, 2.45) is 0 Å². The second-order valence-corrected chi connectivity index (χ2v) is 5.71. The van der Waals surface area contributed by atoms with Crippen LogP contribution in [-0.4, -0.2) is 17.6 Å². The normalized spacial score (nSPS) is 10.8. The molecule has 3 aromatic rings. The number of nitrogens with one attached hydrogen (secondary N) is 1. The van der Waals surface area contributed by atoms with E-state index >= 15 is 0 Å². The number of benzene rings is 1. The summed E-state index contributed by atoms with van der Waals surface area (Å²) in [5.74, 6) is 0.873. The van der Waals surface area contributed by atoms with E-state index in [0.29, 0.717) is 35.4 Å². The molecule has 0 saturated carbocycles. The van der Waals surface area contributed by atoms with Crippen molar-refractivity contribution in [3.05, 3.63) is 63.8 Å². The summed E-state index contributed by atoms with van der Waals surface area (Å²) in [6, 6.07) is 9.14. The summed E-state index contributed by atoms with van der Waals surface area (Å²) in [6.45, 7) is 4.46. The molecule has 0 aliphatic rings. The van der Waals surface area contributed by atoms with Crippen LogP contribution < -0.4 is 15.6 Å². The molecule has 0 aliphatic heterocycles. The van der Waals surface area contributed by atoms with Gasteiger partial charge in [-0.05, 0) is 37.6 Å². The van der Waals surface area contributed by atoms with Crippen molar-refractivity contribution in [3.63, 3.8) is 0 Å². The molecule has 2 aromatic heterocycles. The molecule has 6 nitrogen and oxygen atoms in total. The zero-order valence-electron chi connectivity index (χ0n) is 14.5. The summed E-state index contributed by atoms with van der Waals surface area (Å²) in [5.41, 5.74) is 1.45. The molecule has 25 heavy (non-hydrogen) atoms. The fourth-order valence-corrected chi connectivity index (χ4v) is 2.80. The molecule has 0 fully saturated rings.